The number of carbonyl (C=O) groups excluding carboxylic acids is 2. The Balaban J connectivity index is 1.57. The van der Waals surface area contributed by atoms with E-state index in [4.69, 9.17) is 14.2 Å². The van der Waals surface area contributed by atoms with Crippen LogP contribution in [-0.2, 0) is 23.8 Å². The number of hydrogen-bond acceptors (Lipinski definition) is 5. The molecule has 0 heterocycles. The van der Waals surface area contributed by atoms with Gasteiger partial charge in [-0.2, -0.15) is 0 Å². The standard InChI is InChI=1S/C20H35NO5/c1-3-17(22)19-6-9-20(10-7-19,11-8-19)21-18(23)5-12-25-15-16-26-14-13-24-4-2/h3-16H2,1-2H3,(H,21,23). The number of ether oxygens (including phenoxy) is 3. The average molecular weight is 370 g/mol. The quantitative estimate of drug-likeness (QED) is 0.505. The summed E-state index contributed by atoms with van der Waals surface area (Å²) < 4.78 is 16.0. The van der Waals surface area contributed by atoms with E-state index in [-0.39, 0.29) is 16.9 Å². The van der Waals surface area contributed by atoms with Crippen molar-refractivity contribution in [2.75, 3.05) is 39.6 Å². The number of amides is 1. The summed E-state index contributed by atoms with van der Waals surface area (Å²) in [6, 6.07) is 0. The number of ketones is 1. The monoisotopic (exact) mass is 369 g/mol. The van der Waals surface area contributed by atoms with Crippen LogP contribution < -0.4 is 5.32 Å². The predicted molar refractivity (Wildman–Crippen MR) is 99.1 cm³/mol. The van der Waals surface area contributed by atoms with Crippen molar-refractivity contribution in [1.82, 2.24) is 5.32 Å². The molecule has 0 saturated heterocycles. The van der Waals surface area contributed by atoms with Crippen molar-refractivity contribution in [2.45, 2.75) is 70.8 Å². The van der Waals surface area contributed by atoms with E-state index in [0.717, 1.165) is 38.5 Å². The van der Waals surface area contributed by atoms with Crippen LogP contribution in [0.1, 0.15) is 65.2 Å². The van der Waals surface area contributed by atoms with Crippen molar-refractivity contribution >= 4 is 11.7 Å². The van der Waals surface area contributed by atoms with Crippen molar-refractivity contribution in [2.24, 2.45) is 5.41 Å². The molecule has 6 nitrogen and oxygen atoms in total. The highest BCUT2D eigenvalue weighted by Gasteiger charge is 2.51. The van der Waals surface area contributed by atoms with Crippen molar-refractivity contribution in [3.8, 4) is 0 Å². The van der Waals surface area contributed by atoms with Gasteiger partial charge in [0.2, 0.25) is 5.91 Å². The molecule has 6 heteroatoms. The van der Waals surface area contributed by atoms with E-state index in [2.05, 4.69) is 5.32 Å². The van der Waals surface area contributed by atoms with E-state index >= 15 is 0 Å². The number of Topliss-reactive ketones (excluding diaryl/α,β-unsaturated/α-hetero) is 1. The molecule has 1 amide bonds. The van der Waals surface area contributed by atoms with Crippen LogP contribution in [0.4, 0.5) is 0 Å². The molecule has 0 spiro atoms. The SMILES string of the molecule is CCOCCOCCOCCC(=O)NC12CCC(C(=O)CC)(CC1)CC2. The molecule has 0 aliphatic heterocycles. The Morgan fingerprint density at radius 1 is 0.808 bits per heavy atom. The van der Waals surface area contributed by atoms with Gasteiger partial charge in [0.25, 0.3) is 0 Å². The molecule has 3 fully saturated rings. The number of rotatable bonds is 13. The Hall–Kier alpha value is -0.980. The van der Waals surface area contributed by atoms with E-state index in [1.54, 1.807) is 0 Å². The molecule has 0 atom stereocenters. The second-order valence-electron chi connectivity index (χ2n) is 7.56. The van der Waals surface area contributed by atoms with Gasteiger partial charge < -0.3 is 19.5 Å². The van der Waals surface area contributed by atoms with Crippen LogP contribution in [-0.4, -0.2) is 56.9 Å². The molecule has 1 N–H and O–H groups in total. The lowest BCUT2D eigenvalue weighted by Gasteiger charge is -2.52. The summed E-state index contributed by atoms with van der Waals surface area (Å²) in [7, 11) is 0. The highest BCUT2D eigenvalue weighted by molar-refractivity contribution is 5.85. The average Bonchev–Trinajstić information content (AvgIpc) is 2.67. The van der Waals surface area contributed by atoms with Crippen LogP contribution >= 0.6 is 0 Å². The van der Waals surface area contributed by atoms with Gasteiger partial charge in [0.15, 0.2) is 0 Å². The smallest absolute Gasteiger partial charge is 0.222 e. The van der Waals surface area contributed by atoms with Crippen LogP contribution in [0.15, 0.2) is 0 Å². The van der Waals surface area contributed by atoms with Gasteiger partial charge in [0.1, 0.15) is 5.78 Å². The zero-order valence-electron chi connectivity index (χ0n) is 16.4. The summed E-state index contributed by atoms with van der Waals surface area (Å²) in [5.41, 5.74) is -0.179. The number of fused-ring (bicyclic) bond motifs is 3. The summed E-state index contributed by atoms with van der Waals surface area (Å²) in [5, 5.41) is 3.24. The first kappa shape index (κ1) is 21.3. The molecule has 3 rings (SSSR count). The van der Waals surface area contributed by atoms with E-state index < -0.39 is 0 Å². The summed E-state index contributed by atoms with van der Waals surface area (Å²) in [4.78, 5) is 24.5. The third kappa shape index (κ3) is 5.76. The van der Waals surface area contributed by atoms with E-state index in [1.807, 2.05) is 13.8 Å². The van der Waals surface area contributed by atoms with Gasteiger partial charge in [-0.15, -0.1) is 0 Å². The van der Waals surface area contributed by atoms with Crippen molar-refractivity contribution in [3.05, 3.63) is 0 Å². The fourth-order valence-corrected chi connectivity index (χ4v) is 4.27. The molecule has 3 aliphatic rings. The van der Waals surface area contributed by atoms with Gasteiger partial charge in [-0.1, -0.05) is 6.92 Å². The first-order valence-corrected chi connectivity index (χ1v) is 10.1. The fraction of sp³-hybridized carbons (Fsp3) is 0.900. The van der Waals surface area contributed by atoms with Gasteiger partial charge in [-0.3, -0.25) is 9.59 Å². The largest absolute Gasteiger partial charge is 0.379 e. The Kier molecular flexibility index (Phi) is 8.51. The molecule has 0 aromatic carbocycles. The molecule has 3 aliphatic carbocycles. The fourth-order valence-electron chi connectivity index (χ4n) is 4.27. The lowest BCUT2D eigenvalue weighted by Crippen LogP contribution is -2.58. The minimum absolute atomic E-state index is 0.0542. The lowest BCUT2D eigenvalue weighted by molar-refractivity contribution is -0.137. The van der Waals surface area contributed by atoms with Crippen LogP contribution in [0, 0.1) is 5.41 Å². The molecular formula is C20H35NO5. The third-order valence-corrected chi connectivity index (χ3v) is 5.99. The van der Waals surface area contributed by atoms with Gasteiger partial charge in [-0.05, 0) is 45.4 Å². The molecule has 3 saturated carbocycles. The zero-order valence-corrected chi connectivity index (χ0v) is 16.4. The molecular weight excluding hydrogens is 334 g/mol. The number of carbonyl (C=O) groups is 2. The van der Waals surface area contributed by atoms with E-state index in [9.17, 15) is 9.59 Å². The third-order valence-electron chi connectivity index (χ3n) is 5.99. The summed E-state index contributed by atoms with van der Waals surface area (Å²) >= 11 is 0. The highest BCUT2D eigenvalue weighted by Crippen LogP contribution is 2.53. The van der Waals surface area contributed by atoms with Gasteiger partial charge in [0.05, 0.1) is 33.0 Å². The normalized spacial score (nSPS) is 27.5. The summed E-state index contributed by atoms with van der Waals surface area (Å²) in [5.74, 6) is 0.465. The summed E-state index contributed by atoms with van der Waals surface area (Å²) in [6.45, 7) is 7.21. The first-order chi connectivity index (χ1) is 12.6. The molecule has 2 bridgehead atoms. The first-order valence-electron chi connectivity index (χ1n) is 10.1. The second kappa shape index (κ2) is 10.4. The molecule has 0 radical (unpaired) electrons. The van der Waals surface area contributed by atoms with Crippen LogP contribution in [0.5, 0.6) is 0 Å². The van der Waals surface area contributed by atoms with Gasteiger partial charge in [-0.25, -0.2) is 0 Å². The Morgan fingerprint density at radius 3 is 1.88 bits per heavy atom. The van der Waals surface area contributed by atoms with Gasteiger partial charge in [0, 0.05) is 30.4 Å². The maximum atomic E-state index is 12.3. The van der Waals surface area contributed by atoms with Crippen LogP contribution in [0.3, 0.4) is 0 Å². The van der Waals surface area contributed by atoms with Crippen LogP contribution in [0.25, 0.3) is 0 Å². The maximum Gasteiger partial charge on any atom is 0.222 e. The lowest BCUT2D eigenvalue weighted by atomic mass is 9.55. The topological polar surface area (TPSA) is 73.9 Å². The molecule has 26 heavy (non-hydrogen) atoms. The van der Waals surface area contributed by atoms with E-state index in [0.29, 0.717) is 58.3 Å². The van der Waals surface area contributed by atoms with Crippen molar-refractivity contribution in [1.29, 1.82) is 0 Å². The van der Waals surface area contributed by atoms with Crippen molar-refractivity contribution < 1.29 is 23.8 Å². The van der Waals surface area contributed by atoms with Gasteiger partial charge >= 0.3 is 0 Å². The second-order valence-corrected chi connectivity index (χ2v) is 7.56. The zero-order chi connectivity index (χ0) is 18.9. The van der Waals surface area contributed by atoms with Crippen molar-refractivity contribution in [3.63, 3.8) is 0 Å². The number of nitrogens with one attached hydrogen (secondary N) is 1. The number of hydrogen-bond donors (Lipinski definition) is 1. The predicted octanol–water partition coefficient (Wildman–Crippen LogP) is 2.63. The minimum atomic E-state index is -0.0908. The van der Waals surface area contributed by atoms with Crippen LogP contribution in [0.2, 0.25) is 0 Å². The molecule has 0 aromatic heterocycles. The molecule has 0 unspecified atom stereocenters. The Labute approximate surface area is 157 Å². The maximum absolute atomic E-state index is 12.3. The minimum Gasteiger partial charge on any atom is -0.379 e. The summed E-state index contributed by atoms with van der Waals surface area (Å²) in [6.07, 6.45) is 6.57. The Morgan fingerprint density at radius 2 is 1.35 bits per heavy atom. The Bertz CT molecular complexity index is 441. The highest BCUT2D eigenvalue weighted by atomic mass is 16.5. The molecule has 0 aromatic rings. The van der Waals surface area contributed by atoms with E-state index in [1.165, 1.54) is 0 Å². The molecule has 150 valence electrons.